The summed E-state index contributed by atoms with van der Waals surface area (Å²) in [6.07, 6.45) is 0. The number of ketones is 1. The van der Waals surface area contributed by atoms with Crippen molar-refractivity contribution in [3.8, 4) is 11.8 Å². The van der Waals surface area contributed by atoms with Crippen LogP contribution in [0, 0.1) is 11.3 Å². The first-order chi connectivity index (χ1) is 13.2. The number of nitriles is 1. The minimum absolute atomic E-state index is 0.110. The van der Waals surface area contributed by atoms with Crippen molar-refractivity contribution < 1.29 is 14.3 Å². The highest BCUT2D eigenvalue weighted by molar-refractivity contribution is 6.04. The average Bonchev–Trinajstić information content (AvgIpc) is 2.73. The fourth-order valence-electron chi connectivity index (χ4n) is 2.39. The summed E-state index contributed by atoms with van der Waals surface area (Å²) in [5, 5.41) is 11.6. The van der Waals surface area contributed by atoms with Crippen LogP contribution in [-0.2, 0) is 0 Å². The Bertz CT molecular complexity index is 973. The zero-order valence-electron chi connectivity index (χ0n) is 14.4. The lowest BCUT2D eigenvalue weighted by Crippen LogP contribution is -2.13. The van der Waals surface area contributed by atoms with Crippen LogP contribution in [-0.4, -0.2) is 18.3 Å². The van der Waals surface area contributed by atoms with Crippen LogP contribution < -0.4 is 10.1 Å². The van der Waals surface area contributed by atoms with Crippen LogP contribution in [0.2, 0.25) is 0 Å². The van der Waals surface area contributed by atoms with E-state index in [4.69, 9.17) is 10.00 Å². The Labute approximate surface area is 156 Å². The van der Waals surface area contributed by atoms with Gasteiger partial charge in [0.05, 0.1) is 11.6 Å². The van der Waals surface area contributed by atoms with Gasteiger partial charge in [-0.05, 0) is 60.7 Å². The van der Waals surface area contributed by atoms with Crippen molar-refractivity contribution in [1.29, 1.82) is 5.26 Å². The molecule has 3 rings (SSSR count). The Morgan fingerprint density at radius 3 is 2.15 bits per heavy atom. The molecule has 0 aliphatic carbocycles. The van der Waals surface area contributed by atoms with Crippen molar-refractivity contribution >= 4 is 17.4 Å². The Morgan fingerprint density at radius 1 is 0.852 bits per heavy atom. The molecule has 0 aliphatic heterocycles. The first-order valence-corrected chi connectivity index (χ1v) is 8.28. The lowest BCUT2D eigenvalue weighted by Gasteiger charge is -2.08. The van der Waals surface area contributed by atoms with Gasteiger partial charge in [0.1, 0.15) is 5.75 Å². The van der Waals surface area contributed by atoms with Crippen LogP contribution in [0.4, 0.5) is 5.69 Å². The molecule has 0 heterocycles. The third kappa shape index (κ3) is 4.80. The van der Waals surface area contributed by atoms with Gasteiger partial charge >= 0.3 is 0 Å². The molecule has 0 atom stereocenters. The molecular formula is C22H16N2O3. The maximum Gasteiger partial charge on any atom is 0.255 e. The Hall–Kier alpha value is -3.91. The van der Waals surface area contributed by atoms with E-state index in [9.17, 15) is 9.59 Å². The Kier molecular flexibility index (Phi) is 5.60. The second kappa shape index (κ2) is 8.45. The smallest absolute Gasteiger partial charge is 0.255 e. The zero-order valence-corrected chi connectivity index (χ0v) is 14.4. The van der Waals surface area contributed by atoms with Gasteiger partial charge in [0.15, 0.2) is 12.4 Å². The highest BCUT2D eigenvalue weighted by atomic mass is 16.5. The lowest BCUT2D eigenvalue weighted by atomic mass is 10.1. The maximum atomic E-state index is 12.2. The van der Waals surface area contributed by atoms with Gasteiger partial charge in [-0.1, -0.05) is 18.2 Å². The van der Waals surface area contributed by atoms with Gasteiger partial charge in [-0.25, -0.2) is 0 Å². The monoisotopic (exact) mass is 356 g/mol. The van der Waals surface area contributed by atoms with E-state index >= 15 is 0 Å². The van der Waals surface area contributed by atoms with Gasteiger partial charge in [-0.3, -0.25) is 9.59 Å². The minimum Gasteiger partial charge on any atom is -0.485 e. The molecule has 1 N–H and O–H groups in total. The second-order valence-corrected chi connectivity index (χ2v) is 5.75. The van der Waals surface area contributed by atoms with E-state index in [2.05, 4.69) is 5.32 Å². The predicted molar refractivity (Wildman–Crippen MR) is 102 cm³/mol. The third-order valence-electron chi connectivity index (χ3n) is 3.85. The molecule has 0 radical (unpaired) electrons. The molecular weight excluding hydrogens is 340 g/mol. The molecule has 0 saturated heterocycles. The number of nitrogens with zero attached hydrogens (tertiary/aromatic N) is 1. The van der Waals surface area contributed by atoms with Gasteiger partial charge in [0.2, 0.25) is 0 Å². The molecule has 0 aromatic heterocycles. The summed E-state index contributed by atoms with van der Waals surface area (Å²) in [4.78, 5) is 24.4. The minimum atomic E-state index is -0.209. The Morgan fingerprint density at radius 2 is 1.52 bits per heavy atom. The topological polar surface area (TPSA) is 79.2 Å². The number of hydrogen-bond donors (Lipinski definition) is 1. The first kappa shape index (κ1) is 17.9. The van der Waals surface area contributed by atoms with Crippen LogP contribution in [0.5, 0.6) is 5.75 Å². The lowest BCUT2D eigenvalue weighted by molar-refractivity contribution is 0.0921. The molecule has 5 nitrogen and oxygen atoms in total. The van der Waals surface area contributed by atoms with Gasteiger partial charge in [-0.2, -0.15) is 5.26 Å². The van der Waals surface area contributed by atoms with E-state index in [0.717, 1.165) is 0 Å². The summed E-state index contributed by atoms with van der Waals surface area (Å²) in [7, 11) is 0. The van der Waals surface area contributed by atoms with Crippen molar-refractivity contribution in [3.05, 3.63) is 95.6 Å². The van der Waals surface area contributed by atoms with Crippen LogP contribution in [0.15, 0.2) is 78.9 Å². The fourth-order valence-corrected chi connectivity index (χ4v) is 2.39. The molecule has 0 spiro atoms. The number of ether oxygens (including phenoxy) is 1. The third-order valence-corrected chi connectivity index (χ3v) is 3.85. The molecule has 27 heavy (non-hydrogen) atoms. The molecule has 3 aromatic carbocycles. The summed E-state index contributed by atoms with van der Waals surface area (Å²) in [5.74, 6) is 0.133. The predicted octanol–water partition coefficient (Wildman–Crippen LogP) is 4.07. The number of carbonyl (C=O) groups is 2. The number of anilines is 1. The van der Waals surface area contributed by atoms with E-state index < -0.39 is 0 Å². The molecule has 0 bridgehead atoms. The molecule has 0 saturated carbocycles. The number of rotatable bonds is 6. The summed E-state index contributed by atoms with van der Waals surface area (Å²) in [6.45, 7) is -0.110. The standard InChI is InChI=1S/C22H16N2O3/c23-14-16-6-12-20(13-7-16)27-15-21(25)17-8-10-19(11-9-17)24-22(26)18-4-2-1-3-5-18/h1-13H,15H2,(H,24,26). The molecule has 3 aromatic rings. The van der Waals surface area contributed by atoms with E-state index in [1.54, 1.807) is 72.8 Å². The van der Waals surface area contributed by atoms with E-state index in [1.165, 1.54) is 0 Å². The van der Waals surface area contributed by atoms with Crippen molar-refractivity contribution in [2.75, 3.05) is 11.9 Å². The number of benzene rings is 3. The number of hydrogen-bond acceptors (Lipinski definition) is 4. The Balaban J connectivity index is 1.56. The molecule has 5 heteroatoms. The highest BCUT2D eigenvalue weighted by Crippen LogP contribution is 2.14. The van der Waals surface area contributed by atoms with Gasteiger partial charge in [-0.15, -0.1) is 0 Å². The summed E-state index contributed by atoms with van der Waals surface area (Å²) in [5.41, 5.74) is 2.19. The van der Waals surface area contributed by atoms with E-state index in [-0.39, 0.29) is 18.3 Å². The molecule has 132 valence electrons. The number of nitrogens with one attached hydrogen (secondary N) is 1. The molecule has 0 fully saturated rings. The van der Waals surface area contributed by atoms with Crippen molar-refractivity contribution in [1.82, 2.24) is 0 Å². The number of Topliss-reactive ketones (excluding diaryl/α,β-unsaturated/α-hetero) is 1. The fraction of sp³-hybridized carbons (Fsp3) is 0.0455. The molecule has 1 amide bonds. The number of amides is 1. The van der Waals surface area contributed by atoms with E-state index in [0.29, 0.717) is 28.1 Å². The number of carbonyl (C=O) groups excluding carboxylic acids is 2. The molecule has 0 aliphatic rings. The summed E-state index contributed by atoms with van der Waals surface area (Å²) in [6, 6.07) is 24.1. The van der Waals surface area contributed by atoms with Crippen LogP contribution in [0.3, 0.4) is 0 Å². The van der Waals surface area contributed by atoms with Gasteiger partial charge in [0, 0.05) is 16.8 Å². The van der Waals surface area contributed by atoms with Crippen LogP contribution in [0.1, 0.15) is 26.3 Å². The average molecular weight is 356 g/mol. The second-order valence-electron chi connectivity index (χ2n) is 5.75. The van der Waals surface area contributed by atoms with Crippen LogP contribution in [0.25, 0.3) is 0 Å². The maximum absolute atomic E-state index is 12.2. The molecule has 0 unspecified atom stereocenters. The highest BCUT2D eigenvalue weighted by Gasteiger charge is 2.09. The SMILES string of the molecule is N#Cc1ccc(OCC(=O)c2ccc(NC(=O)c3ccccc3)cc2)cc1. The van der Waals surface area contributed by atoms with Gasteiger partial charge in [0.25, 0.3) is 5.91 Å². The summed E-state index contributed by atoms with van der Waals surface area (Å²) < 4.78 is 5.45. The van der Waals surface area contributed by atoms with Crippen molar-refractivity contribution in [2.24, 2.45) is 0 Å². The van der Waals surface area contributed by atoms with Gasteiger partial charge < -0.3 is 10.1 Å². The van der Waals surface area contributed by atoms with Crippen LogP contribution >= 0.6 is 0 Å². The normalized spacial score (nSPS) is 9.89. The zero-order chi connectivity index (χ0) is 19.1. The summed E-state index contributed by atoms with van der Waals surface area (Å²) >= 11 is 0. The van der Waals surface area contributed by atoms with Crippen molar-refractivity contribution in [2.45, 2.75) is 0 Å². The van der Waals surface area contributed by atoms with E-state index in [1.807, 2.05) is 12.1 Å². The largest absolute Gasteiger partial charge is 0.485 e. The first-order valence-electron chi connectivity index (χ1n) is 8.28. The quantitative estimate of drug-likeness (QED) is 0.675. The van der Waals surface area contributed by atoms with Crippen molar-refractivity contribution in [3.63, 3.8) is 0 Å².